The molecule has 4 N–H and O–H groups in total. The molecule has 2 heterocycles. The molecule has 1 aromatic heterocycles. The number of anilines is 2. The Hall–Kier alpha value is -1.60. The van der Waals surface area contributed by atoms with Gasteiger partial charge >= 0.3 is 0 Å². The number of carbonyl (C=O) groups is 2. The molecule has 1 saturated heterocycles. The van der Waals surface area contributed by atoms with E-state index in [1.54, 1.807) is 7.05 Å². The number of ketones is 1. The predicted octanol–water partition coefficient (Wildman–Crippen LogP) is 0.692. The summed E-state index contributed by atoms with van der Waals surface area (Å²) in [4.78, 5) is 27.2. The Kier molecular flexibility index (Phi) is 3.86. The van der Waals surface area contributed by atoms with Crippen molar-refractivity contribution in [2.24, 2.45) is 5.92 Å². The Morgan fingerprint density at radius 1 is 1.33 bits per heavy atom. The summed E-state index contributed by atoms with van der Waals surface area (Å²) in [5.74, 6) is -0.00414. The first-order valence-electron chi connectivity index (χ1n) is 7.27. The molecule has 114 valence electrons. The average Bonchev–Trinajstić information content (AvgIpc) is 3.30. The first-order valence-corrected chi connectivity index (χ1v) is 8.09. The van der Waals surface area contributed by atoms with Crippen molar-refractivity contribution in [2.45, 2.75) is 12.8 Å². The van der Waals surface area contributed by atoms with Crippen molar-refractivity contribution in [1.29, 1.82) is 0 Å². The molecule has 1 aromatic rings. The number of thiophene rings is 1. The van der Waals surface area contributed by atoms with Gasteiger partial charge in [0.2, 0.25) is 0 Å². The standard InChI is InChI=1S/C14H20N4O2S/c1-16-13(20)9-10(15)12(11(19)8-2-3-8)21-14(9)18-6-4-17-5-7-18/h8,17H,2-7,15H2,1H3,(H,16,20). The zero-order valence-electron chi connectivity index (χ0n) is 12.1. The fraction of sp³-hybridized carbons (Fsp3) is 0.571. The molecule has 1 aliphatic carbocycles. The van der Waals surface area contributed by atoms with Gasteiger partial charge in [-0.05, 0) is 12.8 Å². The molecule has 2 aliphatic rings. The van der Waals surface area contributed by atoms with E-state index < -0.39 is 0 Å². The predicted molar refractivity (Wildman–Crippen MR) is 84.3 cm³/mol. The second-order valence-electron chi connectivity index (χ2n) is 5.48. The highest BCUT2D eigenvalue weighted by molar-refractivity contribution is 7.19. The van der Waals surface area contributed by atoms with Gasteiger partial charge in [-0.2, -0.15) is 0 Å². The van der Waals surface area contributed by atoms with Crippen molar-refractivity contribution in [3.8, 4) is 0 Å². The SMILES string of the molecule is CNC(=O)c1c(N2CCNCC2)sc(C(=O)C2CC2)c1N. The first-order chi connectivity index (χ1) is 10.1. The van der Waals surface area contributed by atoms with E-state index in [0.717, 1.165) is 44.0 Å². The van der Waals surface area contributed by atoms with Crippen LogP contribution in [0, 0.1) is 5.92 Å². The van der Waals surface area contributed by atoms with E-state index in [-0.39, 0.29) is 17.6 Å². The van der Waals surface area contributed by atoms with Gasteiger partial charge in [-0.3, -0.25) is 9.59 Å². The van der Waals surface area contributed by atoms with Gasteiger partial charge < -0.3 is 21.3 Å². The maximum Gasteiger partial charge on any atom is 0.256 e. The van der Waals surface area contributed by atoms with Gasteiger partial charge in [-0.1, -0.05) is 0 Å². The Labute approximate surface area is 127 Å². The Balaban J connectivity index is 2.01. The summed E-state index contributed by atoms with van der Waals surface area (Å²) in [7, 11) is 1.59. The van der Waals surface area contributed by atoms with Gasteiger partial charge in [0.25, 0.3) is 5.91 Å². The number of nitrogens with two attached hydrogens (primary N) is 1. The minimum atomic E-state index is -0.216. The summed E-state index contributed by atoms with van der Waals surface area (Å²) in [6.45, 7) is 3.38. The summed E-state index contributed by atoms with van der Waals surface area (Å²) in [6, 6.07) is 0. The molecule has 3 rings (SSSR count). The molecular formula is C14H20N4O2S. The van der Waals surface area contributed by atoms with Crippen LogP contribution in [0.4, 0.5) is 10.7 Å². The third-order valence-corrected chi connectivity index (χ3v) is 5.24. The summed E-state index contributed by atoms with van der Waals surface area (Å²) in [5, 5.41) is 6.75. The van der Waals surface area contributed by atoms with Crippen molar-refractivity contribution in [2.75, 3.05) is 43.9 Å². The lowest BCUT2D eigenvalue weighted by molar-refractivity contribution is 0.0963. The Bertz CT molecular complexity index is 574. The second kappa shape index (κ2) is 5.65. The molecule has 21 heavy (non-hydrogen) atoms. The maximum absolute atomic E-state index is 12.4. The molecule has 0 unspecified atom stereocenters. The van der Waals surface area contributed by atoms with E-state index in [0.29, 0.717) is 16.1 Å². The number of hydrogen-bond donors (Lipinski definition) is 3. The van der Waals surface area contributed by atoms with Crippen LogP contribution in [0.25, 0.3) is 0 Å². The second-order valence-corrected chi connectivity index (χ2v) is 6.48. The maximum atomic E-state index is 12.4. The van der Waals surface area contributed by atoms with Crippen LogP contribution >= 0.6 is 11.3 Å². The number of carbonyl (C=O) groups excluding carboxylic acids is 2. The van der Waals surface area contributed by atoms with Crippen LogP contribution in [0.5, 0.6) is 0 Å². The van der Waals surface area contributed by atoms with Gasteiger partial charge in [0.15, 0.2) is 5.78 Å². The van der Waals surface area contributed by atoms with Crippen molar-refractivity contribution in [1.82, 2.24) is 10.6 Å². The summed E-state index contributed by atoms with van der Waals surface area (Å²) in [6.07, 6.45) is 1.88. The quantitative estimate of drug-likeness (QED) is 0.713. The molecular weight excluding hydrogens is 288 g/mol. The van der Waals surface area contributed by atoms with Gasteiger partial charge in [0.05, 0.1) is 16.1 Å². The highest BCUT2D eigenvalue weighted by Crippen LogP contribution is 2.43. The number of Topliss-reactive ketones (excluding diaryl/α,β-unsaturated/α-hetero) is 1. The summed E-state index contributed by atoms with van der Waals surface area (Å²) >= 11 is 1.38. The molecule has 0 bridgehead atoms. The third kappa shape index (κ3) is 2.63. The summed E-state index contributed by atoms with van der Waals surface area (Å²) in [5.41, 5.74) is 6.96. The molecule has 7 heteroatoms. The van der Waals surface area contributed by atoms with Gasteiger partial charge in [0.1, 0.15) is 5.00 Å². The molecule has 0 radical (unpaired) electrons. The van der Waals surface area contributed by atoms with Crippen molar-refractivity contribution in [3.63, 3.8) is 0 Å². The highest BCUT2D eigenvalue weighted by atomic mass is 32.1. The lowest BCUT2D eigenvalue weighted by Gasteiger charge is -2.28. The van der Waals surface area contributed by atoms with Crippen LogP contribution in [0.1, 0.15) is 32.9 Å². The fourth-order valence-electron chi connectivity index (χ4n) is 2.58. The normalized spacial score (nSPS) is 18.6. The van der Waals surface area contributed by atoms with E-state index in [4.69, 9.17) is 5.73 Å². The number of piperazine rings is 1. The molecule has 1 amide bonds. The molecule has 2 fully saturated rings. The van der Waals surface area contributed by atoms with Crippen LogP contribution < -0.4 is 21.3 Å². The van der Waals surface area contributed by atoms with Crippen molar-refractivity contribution >= 4 is 33.7 Å². The minimum absolute atomic E-state index is 0.101. The lowest BCUT2D eigenvalue weighted by Crippen LogP contribution is -2.43. The Morgan fingerprint density at radius 2 is 2.00 bits per heavy atom. The highest BCUT2D eigenvalue weighted by Gasteiger charge is 2.36. The van der Waals surface area contributed by atoms with E-state index >= 15 is 0 Å². The van der Waals surface area contributed by atoms with Crippen LogP contribution in [0.15, 0.2) is 0 Å². The monoisotopic (exact) mass is 308 g/mol. The van der Waals surface area contributed by atoms with Crippen LogP contribution in [0.2, 0.25) is 0 Å². The van der Waals surface area contributed by atoms with E-state index in [2.05, 4.69) is 15.5 Å². The zero-order chi connectivity index (χ0) is 15.0. The fourth-order valence-corrected chi connectivity index (χ4v) is 3.87. The van der Waals surface area contributed by atoms with Gasteiger partial charge in [0, 0.05) is 39.1 Å². The Morgan fingerprint density at radius 3 is 2.57 bits per heavy atom. The number of nitrogens with zero attached hydrogens (tertiary/aromatic N) is 1. The van der Waals surface area contributed by atoms with Crippen LogP contribution in [-0.4, -0.2) is 44.9 Å². The zero-order valence-corrected chi connectivity index (χ0v) is 12.9. The molecule has 6 nitrogen and oxygen atoms in total. The molecule has 0 aromatic carbocycles. The molecule has 0 spiro atoms. The van der Waals surface area contributed by atoms with Gasteiger partial charge in [-0.25, -0.2) is 0 Å². The smallest absolute Gasteiger partial charge is 0.256 e. The van der Waals surface area contributed by atoms with Gasteiger partial charge in [-0.15, -0.1) is 11.3 Å². The van der Waals surface area contributed by atoms with Crippen molar-refractivity contribution < 1.29 is 9.59 Å². The molecule has 1 aliphatic heterocycles. The number of rotatable bonds is 4. The number of amides is 1. The van der Waals surface area contributed by atoms with E-state index in [1.807, 2.05) is 0 Å². The number of hydrogen-bond acceptors (Lipinski definition) is 6. The minimum Gasteiger partial charge on any atom is -0.397 e. The molecule has 0 atom stereocenters. The summed E-state index contributed by atoms with van der Waals surface area (Å²) < 4.78 is 0. The largest absolute Gasteiger partial charge is 0.397 e. The first kappa shape index (κ1) is 14.3. The van der Waals surface area contributed by atoms with Crippen molar-refractivity contribution in [3.05, 3.63) is 10.4 Å². The lowest BCUT2D eigenvalue weighted by atomic mass is 10.1. The third-order valence-electron chi connectivity index (χ3n) is 3.96. The van der Waals surface area contributed by atoms with Crippen LogP contribution in [-0.2, 0) is 0 Å². The number of nitrogens with one attached hydrogen (secondary N) is 2. The average molecular weight is 308 g/mol. The van der Waals surface area contributed by atoms with E-state index in [9.17, 15) is 9.59 Å². The number of nitrogen functional groups attached to an aromatic ring is 1. The topological polar surface area (TPSA) is 87.5 Å². The molecule has 1 saturated carbocycles. The van der Waals surface area contributed by atoms with Crippen LogP contribution in [0.3, 0.4) is 0 Å². The van der Waals surface area contributed by atoms with E-state index in [1.165, 1.54) is 11.3 Å².